The first-order chi connectivity index (χ1) is 27.1. The maximum absolute atomic E-state index is 11.9. The van der Waals surface area contributed by atoms with Crippen LogP contribution >= 0.6 is 15.9 Å². The average Bonchev–Trinajstić information content (AvgIpc) is 3.77. The number of hydrogen-bond acceptors (Lipinski definition) is 8. The van der Waals surface area contributed by atoms with Gasteiger partial charge in [-0.3, -0.25) is 0 Å². The molecule has 0 radical (unpaired) electrons. The normalized spacial score (nSPS) is 14.7. The highest BCUT2D eigenvalue weighted by Crippen LogP contribution is 2.44. The minimum atomic E-state index is -1.60. The molecular formula is C44H48BBrN2O8. The Hall–Kier alpha value is -5.04. The lowest BCUT2D eigenvalue weighted by atomic mass is 9.80. The quantitative estimate of drug-likeness (QED) is 0.0715. The third-order valence-electron chi connectivity index (χ3n) is 10.9. The molecule has 2 fully saturated rings. The van der Waals surface area contributed by atoms with Gasteiger partial charge >= 0.3 is 19.1 Å². The zero-order valence-electron chi connectivity index (χ0n) is 31.7. The molecule has 0 amide bonds. The molecule has 2 aliphatic carbocycles. The van der Waals surface area contributed by atoms with E-state index in [-0.39, 0.29) is 28.9 Å². The molecule has 0 spiro atoms. The number of nitrogens with one attached hydrogen (secondary N) is 2. The van der Waals surface area contributed by atoms with Gasteiger partial charge in [0, 0.05) is 32.8 Å². The Morgan fingerprint density at radius 1 is 0.643 bits per heavy atom. The molecule has 2 heterocycles. The molecule has 0 bridgehead atoms. The summed E-state index contributed by atoms with van der Waals surface area (Å²) in [6.45, 7) is 0. The Labute approximate surface area is 335 Å². The summed E-state index contributed by atoms with van der Waals surface area (Å²) in [5.41, 5.74) is 7.56. The van der Waals surface area contributed by atoms with Crippen molar-refractivity contribution in [2.45, 2.75) is 76.0 Å². The van der Waals surface area contributed by atoms with Gasteiger partial charge in [0.1, 0.15) is 11.5 Å². The molecule has 6 aromatic rings. The Bertz CT molecular complexity index is 2290. The predicted octanol–water partition coefficient (Wildman–Crippen LogP) is 9.21. The van der Waals surface area contributed by atoms with Crippen molar-refractivity contribution in [3.8, 4) is 22.8 Å². The zero-order chi connectivity index (χ0) is 39.8. The van der Waals surface area contributed by atoms with Crippen molar-refractivity contribution in [1.82, 2.24) is 9.97 Å². The molecule has 0 aliphatic heterocycles. The number of aromatic nitrogens is 2. The number of H-pyrrole nitrogens is 2. The first-order valence-corrected chi connectivity index (χ1v) is 20.0. The van der Waals surface area contributed by atoms with E-state index in [9.17, 15) is 14.7 Å². The number of carbonyl (C=O) groups excluding carboxylic acids is 2. The van der Waals surface area contributed by atoms with Crippen LogP contribution in [-0.4, -0.2) is 63.5 Å². The highest BCUT2D eigenvalue weighted by atomic mass is 79.9. The number of phenolic OH excluding ortho intramolecular Hbond substituents is 2. The second-order valence-electron chi connectivity index (χ2n) is 14.4. The largest absolute Gasteiger partial charge is 0.508 e. The van der Waals surface area contributed by atoms with Gasteiger partial charge in [-0.2, -0.15) is 0 Å². The van der Waals surface area contributed by atoms with Crippen LogP contribution in [0, 0.1) is 0 Å². The van der Waals surface area contributed by atoms with Crippen LogP contribution in [-0.2, 0) is 9.47 Å². The maximum atomic E-state index is 11.9. The second-order valence-corrected chi connectivity index (χ2v) is 15.2. The van der Waals surface area contributed by atoms with Gasteiger partial charge in [0.2, 0.25) is 0 Å². The van der Waals surface area contributed by atoms with Crippen LogP contribution in [0.1, 0.15) is 108 Å². The third kappa shape index (κ3) is 9.15. The van der Waals surface area contributed by atoms with Crippen molar-refractivity contribution in [1.29, 1.82) is 0 Å². The average molecular weight is 824 g/mol. The number of halogens is 1. The second kappa shape index (κ2) is 18.7. The van der Waals surface area contributed by atoms with Gasteiger partial charge in [0.15, 0.2) is 0 Å². The monoisotopic (exact) mass is 822 g/mol. The van der Waals surface area contributed by atoms with Crippen LogP contribution in [0.2, 0.25) is 0 Å². The molecule has 2 aromatic heterocycles. The summed E-state index contributed by atoms with van der Waals surface area (Å²) in [6, 6.07) is 24.9. The summed E-state index contributed by atoms with van der Waals surface area (Å²) >= 11 is 3.65. The van der Waals surface area contributed by atoms with Gasteiger partial charge in [-0.05, 0) is 107 Å². The summed E-state index contributed by atoms with van der Waals surface area (Å²) < 4.78 is 10.7. The number of aromatic hydroxyl groups is 2. The first kappa shape index (κ1) is 40.6. The van der Waals surface area contributed by atoms with E-state index in [1.54, 1.807) is 18.2 Å². The van der Waals surface area contributed by atoms with Crippen molar-refractivity contribution >= 4 is 62.3 Å². The number of aromatic amines is 2. The minimum Gasteiger partial charge on any atom is -0.508 e. The number of fused-ring (bicyclic) bond motifs is 2. The number of rotatable bonds is 6. The molecule has 0 unspecified atom stereocenters. The Morgan fingerprint density at radius 3 is 1.62 bits per heavy atom. The lowest BCUT2D eigenvalue weighted by Crippen LogP contribution is -2.29. The van der Waals surface area contributed by atoms with Gasteiger partial charge in [0.25, 0.3) is 0 Å². The van der Waals surface area contributed by atoms with Gasteiger partial charge in [-0.25, -0.2) is 9.59 Å². The van der Waals surface area contributed by atoms with Crippen molar-refractivity contribution in [2.24, 2.45) is 0 Å². The SMILES string of the molecule is COC(=O)c1ccc2c(C3CCCCC3)c(-c3ccccc3O)[nH]c2c1.COC(=O)c1ccc2c(C3CCCCC3)c(Br)[nH]c2c1.OB(O)c1ccccc1O. The molecule has 2 saturated carbocycles. The zero-order valence-corrected chi connectivity index (χ0v) is 33.3. The summed E-state index contributed by atoms with van der Waals surface area (Å²) in [4.78, 5) is 30.3. The van der Waals surface area contributed by atoms with Crippen LogP contribution in [0.15, 0.2) is 89.5 Å². The fourth-order valence-corrected chi connectivity index (χ4v) is 8.86. The summed E-state index contributed by atoms with van der Waals surface area (Å²) in [5.74, 6) is 0.621. The molecule has 10 nitrogen and oxygen atoms in total. The van der Waals surface area contributed by atoms with Crippen LogP contribution in [0.25, 0.3) is 33.1 Å². The summed E-state index contributed by atoms with van der Waals surface area (Å²) in [5, 5.41) is 38.9. The molecule has 8 rings (SSSR count). The van der Waals surface area contributed by atoms with E-state index in [1.807, 2.05) is 54.6 Å². The highest BCUT2D eigenvalue weighted by molar-refractivity contribution is 9.10. The minimum absolute atomic E-state index is 0.0995. The van der Waals surface area contributed by atoms with Gasteiger partial charge in [0.05, 0.1) is 35.6 Å². The topological polar surface area (TPSA) is 165 Å². The van der Waals surface area contributed by atoms with Crippen molar-refractivity contribution < 1.29 is 39.3 Å². The van der Waals surface area contributed by atoms with Gasteiger partial charge < -0.3 is 39.7 Å². The molecule has 56 heavy (non-hydrogen) atoms. The number of esters is 2. The number of ether oxygens (including phenoxy) is 2. The lowest BCUT2D eigenvalue weighted by Gasteiger charge is -2.23. The molecule has 292 valence electrons. The molecule has 4 aromatic carbocycles. The van der Waals surface area contributed by atoms with E-state index in [0.717, 1.165) is 45.1 Å². The number of methoxy groups -OCH3 is 2. The number of benzene rings is 4. The Morgan fingerprint density at radius 2 is 1.12 bits per heavy atom. The fourth-order valence-electron chi connectivity index (χ4n) is 8.10. The summed E-state index contributed by atoms with van der Waals surface area (Å²) in [6.07, 6.45) is 12.6. The van der Waals surface area contributed by atoms with Crippen molar-refractivity contribution in [3.63, 3.8) is 0 Å². The molecule has 0 atom stereocenters. The molecule has 6 N–H and O–H groups in total. The standard InChI is InChI=1S/C22H23NO3.C16H18BrNO2.C6H7BO3/c1-26-22(25)15-11-12-16-18(13-15)23-21(17-9-5-6-10-19(17)24)20(16)14-7-3-2-4-8-14;1-20-16(19)11-7-8-12-13(9-11)18-15(17)14(12)10-5-3-2-4-6-10;8-6-4-2-1-3-5(6)7(9)10/h5-6,9-14,23-24H,2-4,7-8H2,1H3;7-10,18H,2-6H2,1H3;1-4,8-10H. The Balaban J connectivity index is 0.000000156. The molecule has 12 heteroatoms. The van der Waals surface area contributed by atoms with E-state index < -0.39 is 7.12 Å². The molecule has 2 aliphatic rings. The number of phenols is 2. The van der Waals surface area contributed by atoms with Crippen LogP contribution in [0.3, 0.4) is 0 Å². The fraction of sp³-hybridized carbons (Fsp3) is 0.318. The van der Waals surface area contributed by atoms with E-state index in [1.165, 1.54) is 94.2 Å². The number of para-hydroxylation sites is 2. The van der Waals surface area contributed by atoms with E-state index >= 15 is 0 Å². The number of hydrogen-bond donors (Lipinski definition) is 6. The van der Waals surface area contributed by atoms with Crippen LogP contribution in [0.5, 0.6) is 11.5 Å². The maximum Gasteiger partial charge on any atom is 0.492 e. The van der Waals surface area contributed by atoms with Crippen molar-refractivity contribution in [3.05, 3.63) is 112 Å². The van der Waals surface area contributed by atoms with E-state index in [4.69, 9.17) is 24.6 Å². The Kier molecular flexibility index (Phi) is 13.6. The van der Waals surface area contributed by atoms with Crippen molar-refractivity contribution in [2.75, 3.05) is 14.2 Å². The summed E-state index contributed by atoms with van der Waals surface area (Å²) in [7, 11) is 1.20. The smallest absolute Gasteiger partial charge is 0.492 e. The third-order valence-corrected chi connectivity index (χ3v) is 11.5. The van der Waals surface area contributed by atoms with Crippen LogP contribution < -0.4 is 5.46 Å². The van der Waals surface area contributed by atoms with Crippen LogP contribution in [0.4, 0.5) is 0 Å². The van der Waals surface area contributed by atoms with Gasteiger partial charge in [-0.1, -0.05) is 81.0 Å². The molecular weight excluding hydrogens is 775 g/mol. The van der Waals surface area contributed by atoms with E-state index in [2.05, 4.69) is 25.9 Å². The predicted molar refractivity (Wildman–Crippen MR) is 224 cm³/mol. The van der Waals surface area contributed by atoms with E-state index in [0.29, 0.717) is 23.0 Å². The van der Waals surface area contributed by atoms with Gasteiger partial charge in [-0.15, -0.1) is 0 Å². The first-order valence-electron chi connectivity index (χ1n) is 19.2. The highest BCUT2D eigenvalue weighted by Gasteiger charge is 2.26. The lowest BCUT2D eigenvalue weighted by molar-refractivity contribution is 0.0592. The molecule has 0 saturated heterocycles. The number of carbonyl (C=O) groups is 2.